The van der Waals surface area contributed by atoms with Gasteiger partial charge in [0.2, 0.25) is 11.5 Å². The fraction of sp³-hybridized carbons (Fsp3) is 0.500. The van der Waals surface area contributed by atoms with Crippen molar-refractivity contribution in [3.8, 4) is 11.6 Å². The predicted molar refractivity (Wildman–Crippen MR) is 120 cm³/mol. The van der Waals surface area contributed by atoms with Gasteiger partial charge in [-0.3, -0.25) is 10.2 Å². The van der Waals surface area contributed by atoms with Crippen LogP contribution >= 0.6 is 0 Å². The maximum absolute atomic E-state index is 13.2. The van der Waals surface area contributed by atoms with Crippen molar-refractivity contribution in [3.63, 3.8) is 0 Å². The van der Waals surface area contributed by atoms with Gasteiger partial charge in [-0.2, -0.15) is 4.52 Å². The zero-order chi connectivity index (χ0) is 23.0. The molecule has 8 nitrogen and oxygen atoms in total. The van der Waals surface area contributed by atoms with Crippen LogP contribution in [0, 0.1) is 18.3 Å². The number of fused-ring (bicyclic) bond motifs is 1. The molecule has 1 aliphatic carbocycles. The van der Waals surface area contributed by atoms with Crippen LogP contribution in [0.5, 0.6) is 11.6 Å². The molecule has 170 valence electrons. The second kappa shape index (κ2) is 8.41. The lowest BCUT2D eigenvalue weighted by molar-refractivity contribution is 0.0965. The number of Topliss-reactive ketones (excluding diaryl/α,β-unsaturated/α-hetero) is 1. The number of carbonyl (C=O) groups is 1. The average molecular weight is 438 g/mol. The topological polar surface area (TPSA) is 94.5 Å². The maximum atomic E-state index is 13.2. The molecule has 1 N–H and O–H groups in total. The van der Waals surface area contributed by atoms with Crippen LogP contribution in [0.1, 0.15) is 62.0 Å². The Hall–Kier alpha value is -3.16. The third kappa shape index (κ3) is 4.69. The van der Waals surface area contributed by atoms with Crippen LogP contribution in [0.25, 0.3) is 5.65 Å². The Kier molecular flexibility index (Phi) is 5.79. The molecular weight excluding hydrogens is 406 g/mol. The highest BCUT2D eigenvalue weighted by atomic mass is 16.5. The van der Waals surface area contributed by atoms with Gasteiger partial charge in [0, 0.05) is 17.2 Å². The van der Waals surface area contributed by atoms with E-state index in [2.05, 4.69) is 31.0 Å². The number of benzene rings is 1. The van der Waals surface area contributed by atoms with Crippen molar-refractivity contribution < 1.29 is 14.3 Å². The zero-order valence-electron chi connectivity index (χ0n) is 19.4. The number of carbonyl (C=O) groups excluding carboxylic acids is 1. The van der Waals surface area contributed by atoms with E-state index in [4.69, 9.17) is 14.9 Å². The summed E-state index contributed by atoms with van der Waals surface area (Å²) < 4.78 is 14.3. The highest BCUT2D eigenvalue weighted by Gasteiger charge is 2.23. The summed E-state index contributed by atoms with van der Waals surface area (Å²) in [7, 11) is 0. The molecule has 0 radical (unpaired) electrons. The van der Waals surface area contributed by atoms with Gasteiger partial charge in [-0.25, -0.2) is 4.68 Å². The molecule has 0 spiro atoms. The molecule has 1 fully saturated rings. The van der Waals surface area contributed by atoms with E-state index in [1.54, 1.807) is 12.1 Å². The maximum Gasteiger partial charge on any atom is 0.242 e. The monoisotopic (exact) mass is 437 g/mol. The van der Waals surface area contributed by atoms with Crippen molar-refractivity contribution >= 4 is 11.4 Å². The minimum absolute atomic E-state index is 0.0233. The van der Waals surface area contributed by atoms with E-state index in [0.29, 0.717) is 36.2 Å². The van der Waals surface area contributed by atoms with Crippen LogP contribution in [-0.4, -0.2) is 38.4 Å². The number of hydrogen-bond donors (Lipinski definition) is 1. The summed E-state index contributed by atoms with van der Waals surface area (Å²) in [6.07, 6.45) is 2.42. The summed E-state index contributed by atoms with van der Waals surface area (Å²) in [5.41, 5.74) is 2.86. The Morgan fingerprint density at radius 3 is 2.56 bits per heavy atom. The molecule has 1 saturated carbocycles. The SMILES string of the molecule is CCOc1cc(C)c2nn(CC(=O)c3cc(OCC4CC4)cc(C(C)(C)C)c3)c(=N)n2n1. The first-order chi connectivity index (χ1) is 15.2. The zero-order valence-corrected chi connectivity index (χ0v) is 19.4. The smallest absolute Gasteiger partial charge is 0.242 e. The van der Waals surface area contributed by atoms with E-state index >= 15 is 0 Å². The number of ketones is 1. The molecule has 3 aromatic rings. The lowest BCUT2D eigenvalue weighted by Crippen LogP contribution is -2.26. The Labute approximate surface area is 187 Å². The van der Waals surface area contributed by atoms with Crippen molar-refractivity contribution in [1.29, 1.82) is 5.41 Å². The molecule has 0 amide bonds. The molecule has 0 aliphatic heterocycles. The van der Waals surface area contributed by atoms with Crippen LogP contribution in [0.15, 0.2) is 24.3 Å². The lowest BCUT2D eigenvalue weighted by Gasteiger charge is -2.21. The van der Waals surface area contributed by atoms with E-state index in [9.17, 15) is 4.79 Å². The van der Waals surface area contributed by atoms with Crippen LogP contribution in [0.3, 0.4) is 0 Å². The largest absolute Gasteiger partial charge is 0.493 e. The molecule has 2 heterocycles. The number of nitrogens with one attached hydrogen (secondary N) is 1. The highest BCUT2D eigenvalue weighted by Crippen LogP contribution is 2.32. The fourth-order valence-electron chi connectivity index (χ4n) is 3.46. The average Bonchev–Trinajstić information content (AvgIpc) is 3.51. The van der Waals surface area contributed by atoms with Gasteiger partial charge in [-0.15, -0.1) is 10.2 Å². The fourth-order valence-corrected chi connectivity index (χ4v) is 3.46. The van der Waals surface area contributed by atoms with Gasteiger partial charge < -0.3 is 9.47 Å². The van der Waals surface area contributed by atoms with Crippen molar-refractivity contribution in [1.82, 2.24) is 19.4 Å². The summed E-state index contributed by atoms with van der Waals surface area (Å²) in [5, 5.41) is 17.3. The van der Waals surface area contributed by atoms with Gasteiger partial charge in [-0.05, 0) is 61.8 Å². The summed E-state index contributed by atoms with van der Waals surface area (Å²) in [4.78, 5) is 13.2. The van der Waals surface area contributed by atoms with Crippen molar-refractivity contribution in [2.24, 2.45) is 5.92 Å². The number of aryl methyl sites for hydroxylation is 1. The molecule has 1 aromatic carbocycles. The first-order valence-corrected chi connectivity index (χ1v) is 11.1. The van der Waals surface area contributed by atoms with Gasteiger partial charge >= 0.3 is 0 Å². The van der Waals surface area contributed by atoms with Gasteiger partial charge in [-0.1, -0.05) is 20.8 Å². The highest BCUT2D eigenvalue weighted by molar-refractivity contribution is 5.96. The normalized spacial score (nSPS) is 14.0. The van der Waals surface area contributed by atoms with E-state index in [1.807, 2.05) is 26.0 Å². The summed E-state index contributed by atoms with van der Waals surface area (Å²) in [5.74, 6) is 1.65. The summed E-state index contributed by atoms with van der Waals surface area (Å²) in [6.45, 7) is 11.2. The summed E-state index contributed by atoms with van der Waals surface area (Å²) in [6, 6.07) is 7.53. The molecule has 0 atom stereocenters. The van der Waals surface area contributed by atoms with Crippen LogP contribution in [-0.2, 0) is 12.0 Å². The Morgan fingerprint density at radius 2 is 1.91 bits per heavy atom. The number of hydrogen-bond acceptors (Lipinski definition) is 6. The van der Waals surface area contributed by atoms with E-state index < -0.39 is 0 Å². The lowest BCUT2D eigenvalue weighted by atomic mass is 9.85. The second-order valence-electron chi connectivity index (χ2n) is 9.49. The molecule has 8 heteroatoms. The Morgan fingerprint density at radius 1 is 1.16 bits per heavy atom. The minimum atomic E-state index is -0.128. The van der Waals surface area contributed by atoms with E-state index in [0.717, 1.165) is 16.9 Å². The minimum Gasteiger partial charge on any atom is -0.493 e. The molecule has 32 heavy (non-hydrogen) atoms. The van der Waals surface area contributed by atoms with Crippen LogP contribution in [0.2, 0.25) is 0 Å². The number of nitrogens with zero attached hydrogens (tertiary/aromatic N) is 4. The molecule has 0 saturated heterocycles. The standard InChI is InChI=1S/C24H31N5O3/c1-6-31-21-9-15(2)22-27-28(23(25)29(22)26-21)13-20(30)17-10-18(24(3,4)5)12-19(11-17)32-14-16-7-8-16/h9-12,16,25H,6-8,13-14H2,1-5H3. The second-order valence-corrected chi connectivity index (χ2v) is 9.49. The number of aromatic nitrogens is 4. The first kappa shape index (κ1) is 22.0. The van der Waals surface area contributed by atoms with Gasteiger partial charge in [0.05, 0.1) is 13.2 Å². The quantitative estimate of drug-likeness (QED) is 0.543. The van der Waals surface area contributed by atoms with E-state index in [-0.39, 0.29) is 23.4 Å². The van der Waals surface area contributed by atoms with Gasteiger partial charge in [0.25, 0.3) is 0 Å². The van der Waals surface area contributed by atoms with E-state index in [1.165, 1.54) is 22.0 Å². The Bertz CT molecular complexity index is 1210. The van der Waals surface area contributed by atoms with Gasteiger partial charge in [0.15, 0.2) is 11.4 Å². The van der Waals surface area contributed by atoms with Crippen molar-refractivity contribution in [2.75, 3.05) is 13.2 Å². The van der Waals surface area contributed by atoms with Crippen LogP contribution < -0.4 is 15.1 Å². The third-order valence-corrected chi connectivity index (χ3v) is 5.62. The van der Waals surface area contributed by atoms with Crippen molar-refractivity contribution in [3.05, 3.63) is 46.6 Å². The number of ether oxygens (including phenoxy) is 2. The first-order valence-electron chi connectivity index (χ1n) is 11.1. The van der Waals surface area contributed by atoms with Crippen molar-refractivity contribution in [2.45, 2.75) is 59.4 Å². The van der Waals surface area contributed by atoms with Crippen LogP contribution in [0.4, 0.5) is 0 Å². The molecule has 4 rings (SSSR count). The van der Waals surface area contributed by atoms with Gasteiger partial charge in [0.1, 0.15) is 12.3 Å². The molecule has 0 unspecified atom stereocenters. The Balaban J connectivity index is 1.65. The molecular formula is C24H31N5O3. The third-order valence-electron chi connectivity index (χ3n) is 5.62. The summed E-state index contributed by atoms with van der Waals surface area (Å²) >= 11 is 0. The molecule has 2 aromatic heterocycles. The molecule has 1 aliphatic rings. The predicted octanol–water partition coefficient (Wildman–Crippen LogP) is 3.69. The number of rotatable bonds is 8. The molecule has 0 bridgehead atoms.